The fraction of sp³-hybridized carbons (Fsp3) is 0.500. The third kappa shape index (κ3) is 3.31. The molecule has 1 aliphatic rings. The Kier molecular flexibility index (Phi) is 4.18. The average Bonchev–Trinajstić information content (AvgIpc) is 2.80. The molecule has 19 heavy (non-hydrogen) atoms. The molecule has 1 saturated heterocycles. The number of halogens is 1. The van der Waals surface area contributed by atoms with Crippen molar-refractivity contribution in [1.82, 2.24) is 9.55 Å². The third-order valence-corrected chi connectivity index (χ3v) is 4.70. The predicted octanol–water partition coefficient (Wildman–Crippen LogP) is -0.495. The van der Waals surface area contributed by atoms with Crippen molar-refractivity contribution in [3.05, 3.63) is 22.5 Å². The molecule has 104 valence electrons. The molecule has 9 heteroatoms. The molecule has 0 aliphatic carbocycles. The molecule has 0 bridgehead atoms. The molecule has 1 aromatic rings. The Hall–Kier alpha value is -1.44. The van der Waals surface area contributed by atoms with Gasteiger partial charge in [0.25, 0.3) is 0 Å². The monoisotopic (exact) mass is 337 g/mol. The number of carbonyl (C=O) groups excluding carboxylic acids is 1. The van der Waals surface area contributed by atoms with Crippen LogP contribution >= 0.6 is 0 Å². The predicted molar refractivity (Wildman–Crippen MR) is 64.0 cm³/mol. The van der Waals surface area contributed by atoms with Gasteiger partial charge in [-0.15, -0.1) is 0 Å². The van der Waals surface area contributed by atoms with Gasteiger partial charge < -0.3 is 0 Å². The van der Waals surface area contributed by atoms with Crippen LogP contribution in [0.3, 0.4) is 0 Å². The van der Waals surface area contributed by atoms with E-state index < -0.39 is 23.6 Å². The Morgan fingerprint density at radius 3 is 3.21 bits per heavy atom. The SMILES string of the molecule is CC(=O)OC[C@@H]1O[C@H](n2cc(F)c(N)nc2=O)C[Se]1. The molecule has 1 fully saturated rings. The molecular weight excluding hydrogens is 324 g/mol. The molecule has 0 saturated carbocycles. The van der Waals surface area contributed by atoms with Crippen LogP contribution in [0.4, 0.5) is 10.2 Å². The van der Waals surface area contributed by atoms with E-state index in [0.29, 0.717) is 5.32 Å². The van der Waals surface area contributed by atoms with E-state index in [1.807, 2.05) is 0 Å². The summed E-state index contributed by atoms with van der Waals surface area (Å²) in [4.78, 5) is 25.7. The zero-order valence-corrected chi connectivity index (χ0v) is 11.8. The summed E-state index contributed by atoms with van der Waals surface area (Å²) in [6, 6.07) is 0. The van der Waals surface area contributed by atoms with Crippen LogP contribution in [0.2, 0.25) is 5.32 Å². The Bertz CT molecular complexity index is 550. The molecular formula is C10H12FN3O4Se. The van der Waals surface area contributed by atoms with Gasteiger partial charge in [-0.3, -0.25) is 0 Å². The molecule has 1 aliphatic heterocycles. The van der Waals surface area contributed by atoms with E-state index in [0.717, 1.165) is 10.8 Å². The minimum absolute atomic E-state index is 0.0391. The molecule has 1 aromatic heterocycles. The molecule has 2 heterocycles. The molecule has 2 rings (SSSR count). The first-order valence-electron chi connectivity index (χ1n) is 5.42. The fourth-order valence-electron chi connectivity index (χ4n) is 1.53. The van der Waals surface area contributed by atoms with Crippen LogP contribution in [-0.2, 0) is 14.3 Å². The Morgan fingerprint density at radius 2 is 2.53 bits per heavy atom. The molecule has 2 atom stereocenters. The first kappa shape index (κ1) is 14.0. The average molecular weight is 336 g/mol. The van der Waals surface area contributed by atoms with E-state index in [-0.39, 0.29) is 32.5 Å². The van der Waals surface area contributed by atoms with E-state index >= 15 is 0 Å². The van der Waals surface area contributed by atoms with Gasteiger partial charge in [0.2, 0.25) is 0 Å². The van der Waals surface area contributed by atoms with E-state index in [1.54, 1.807) is 0 Å². The number of carbonyl (C=O) groups is 1. The quantitative estimate of drug-likeness (QED) is 0.591. The molecule has 0 unspecified atom stereocenters. The molecule has 0 amide bonds. The van der Waals surface area contributed by atoms with Crippen LogP contribution < -0.4 is 11.4 Å². The first-order valence-corrected chi connectivity index (χ1v) is 7.62. The third-order valence-electron chi connectivity index (χ3n) is 2.40. The maximum atomic E-state index is 13.3. The summed E-state index contributed by atoms with van der Waals surface area (Å²) >= 11 is 0.0391. The minimum atomic E-state index is -0.765. The second-order valence-electron chi connectivity index (χ2n) is 3.82. The van der Waals surface area contributed by atoms with Crippen molar-refractivity contribution in [2.75, 3.05) is 12.3 Å². The summed E-state index contributed by atoms with van der Waals surface area (Å²) < 4.78 is 24.7. The van der Waals surface area contributed by atoms with Gasteiger partial charge in [0.15, 0.2) is 0 Å². The van der Waals surface area contributed by atoms with E-state index in [1.165, 1.54) is 6.92 Å². The first-order chi connectivity index (χ1) is 8.97. The summed E-state index contributed by atoms with van der Waals surface area (Å²) in [5.74, 6) is -1.58. The van der Waals surface area contributed by atoms with Gasteiger partial charge in [-0.2, -0.15) is 0 Å². The molecule has 0 radical (unpaired) electrons. The van der Waals surface area contributed by atoms with E-state index in [4.69, 9.17) is 15.2 Å². The Balaban J connectivity index is 2.07. The van der Waals surface area contributed by atoms with Crippen LogP contribution in [0, 0.1) is 5.82 Å². The Morgan fingerprint density at radius 1 is 1.79 bits per heavy atom. The zero-order valence-electron chi connectivity index (χ0n) is 10.0. The number of nitrogens with two attached hydrogens (primary N) is 1. The second-order valence-corrected chi connectivity index (χ2v) is 6.32. The van der Waals surface area contributed by atoms with Crippen LogP contribution in [0.15, 0.2) is 11.0 Å². The fourth-order valence-corrected chi connectivity index (χ4v) is 3.60. The summed E-state index contributed by atoms with van der Waals surface area (Å²) in [5.41, 5.74) is 4.54. The van der Waals surface area contributed by atoms with Gasteiger partial charge >= 0.3 is 113 Å². The van der Waals surface area contributed by atoms with Gasteiger partial charge in [-0.1, -0.05) is 0 Å². The topological polar surface area (TPSA) is 96.4 Å². The summed E-state index contributed by atoms with van der Waals surface area (Å²) in [6.45, 7) is 1.45. The zero-order chi connectivity index (χ0) is 14.0. The van der Waals surface area contributed by atoms with E-state index in [9.17, 15) is 14.0 Å². The van der Waals surface area contributed by atoms with Crippen molar-refractivity contribution >= 4 is 26.7 Å². The normalized spacial score (nSPS) is 22.4. The number of aromatic nitrogens is 2. The van der Waals surface area contributed by atoms with E-state index in [2.05, 4.69) is 4.98 Å². The summed E-state index contributed by atoms with van der Waals surface area (Å²) in [7, 11) is 0. The molecule has 7 nitrogen and oxygen atoms in total. The summed E-state index contributed by atoms with van der Waals surface area (Å²) in [6.07, 6.45) is 0.398. The molecule has 0 aromatic carbocycles. The van der Waals surface area contributed by atoms with Crippen molar-refractivity contribution < 1.29 is 18.7 Å². The maximum absolute atomic E-state index is 13.3. The number of nitrogens with zero attached hydrogens (tertiary/aromatic N) is 2. The van der Waals surface area contributed by atoms with Gasteiger partial charge in [0.05, 0.1) is 0 Å². The number of ether oxygens (including phenoxy) is 2. The standard InChI is InChI=1S/C10H12FN3O4Se/c1-5(15)17-3-8-18-7(4-19-8)14-2-6(11)9(12)13-10(14)16/h2,7-8H,3-4H2,1H3,(H2,12,13,16)/t7-,8+/m0/s1. The van der Waals surface area contributed by atoms with Crippen LogP contribution in [0.5, 0.6) is 0 Å². The van der Waals surface area contributed by atoms with Crippen LogP contribution in [0.25, 0.3) is 0 Å². The molecule has 2 N–H and O–H groups in total. The number of hydrogen-bond donors (Lipinski definition) is 1. The second kappa shape index (κ2) is 5.68. The van der Waals surface area contributed by atoms with Crippen molar-refractivity contribution in [3.8, 4) is 0 Å². The van der Waals surface area contributed by atoms with Crippen molar-refractivity contribution in [2.45, 2.75) is 23.5 Å². The number of hydrogen-bond acceptors (Lipinski definition) is 6. The molecule has 0 spiro atoms. The van der Waals surface area contributed by atoms with Crippen LogP contribution in [0.1, 0.15) is 13.2 Å². The van der Waals surface area contributed by atoms with Gasteiger partial charge in [-0.25, -0.2) is 0 Å². The summed E-state index contributed by atoms with van der Waals surface area (Å²) in [5, 5.41) is 0.332. The van der Waals surface area contributed by atoms with Gasteiger partial charge in [0, 0.05) is 0 Å². The van der Waals surface area contributed by atoms with Gasteiger partial charge in [-0.05, 0) is 0 Å². The van der Waals surface area contributed by atoms with Crippen molar-refractivity contribution in [2.24, 2.45) is 0 Å². The number of esters is 1. The Labute approximate surface area is 114 Å². The van der Waals surface area contributed by atoms with Crippen molar-refractivity contribution in [1.29, 1.82) is 0 Å². The van der Waals surface area contributed by atoms with Crippen LogP contribution in [-0.4, -0.2) is 42.1 Å². The van der Waals surface area contributed by atoms with Gasteiger partial charge in [0.1, 0.15) is 0 Å². The number of rotatable bonds is 3. The number of nitrogen functional groups attached to an aromatic ring is 1. The van der Waals surface area contributed by atoms with Crippen molar-refractivity contribution in [3.63, 3.8) is 0 Å². The number of anilines is 1.